The molecule has 0 rings (SSSR count). The van der Waals surface area contributed by atoms with Crippen LogP contribution >= 0.6 is 0 Å². The maximum absolute atomic E-state index is 8.74. The van der Waals surface area contributed by atoms with Gasteiger partial charge in [0, 0.05) is 0 Å². The van der Waals surface area contributed by atoms with Gasteiger partial charge in [0.1, 0.15) is 0 Å². The maximum atomic E-state index is 8.74. The van der Waals surface area contributed by atoms with Gasteiger partial charge in [-0.2, -0.15) is 8.42 Å². The molecule has 0 aliphatic rings. The van der Waals surface area contributed by atoms with Gasteiger partial charge in [-0.05, 0) is 0 Å². The summed E-state index contributed by atoms with van der Waals surface area (Å²) in [6.45, 7) is 2.12. The molecule has 6 heteroatoms. The third-order valence-corrected chi connectivity index (χ3v) is 0. The fraction of sp³-hybridized carbons (Fsp3) is 1.00. The molecule has 46 valence electrons. The quantitative estimate of drug-likeness (QED) is 0.359. The zero-order valence-electron chi connectivity index (χ0n) is 4.83. The molecule has 0 aliphatic carbocycles. The summed E-state index contributed by atoms with van der Waals surface area (Å²) in [6.07, 6.45) is 0. The van der Waals surface area contributed by atoms with E-state index < -0.39 is 10.4 Å². The van der Waals surface area contributed by atoms with Gasteiger partial charge in [0.25, 0.3) is 0 Å². The van der Waals surface area contributed by atoms with Gasteiger partial charge >= 0.3 is 40.1 Å². The molecule has 0 saturated carbocycles. The zero-order valence-corrected chi connectivity index (χ0v) is 5.64. The molecular weight excluding hydrogens is 127 g/mol. The van der Waals surface area contributed by atoms with Crippen molar-refractivity contribution in [3.63, 3.8) is 0 Å². The normalized spacial score (nSPS) is 9.62. The van der Waals surface area contributed by atoms with E-state index in [-0.39, 0.29) is 0 Å². The second-order valence-corrected chi connectivity index (χ2v) is 2.05. The van der Waals surface area contributed by atoms with Gasteiger partial charge in [-0.15, -0.1) is 0 Å². The summed E-state index contributed by atoms with van der Waals surface area (Å²) in [7, 11) is -4.67. The summed E-state index contributed by atoms with van der Waals surface area (Å²) in [5.41, 5.74) is 0. The fourth-order valence-electron chi connectivity index (χ4n) is 0. The van der Waals surface area contributed by atoms with Crippen molar-refractivity contribution >= 4 is 28.1 Å². The summed E-state index contributed by atoms with van der Waals surface area (Å²) >= 11 is 2.12. The van der Waals surface area contributed by atoms with Crippen molar-refractivity contribution in [2.24, 2.45) is 0 Å². The molecule has 0 heterocycles. The first kappa shape index (κ1) is 11.3. The Bertz CT molecular complexity index is 108. The summed E-state index contributed by atoms with van der Waals surface area (Å²) in [6, 6.07) is 0. The van der Waals surface area contributed by atoms with E-state index in [9.17, 15) is 0 Å². The van der Waals surface area contributed by atoms with Gasteiger partial charge in [0.2, 0.25) is 0 Å². The molecule has 0 bridgehead atoms. The Morgan fingerprint density at radius 1 is 1.50 bits per heavy atom. The van der Waals surface area contributed by atoms with E-state index in [4.69, 9.17) is 17.5 Å². The monoisotopic (exact) mass is 134 g/mol. The zero-order chi connectivity index (χ0) is 7.21. The van der Waals surface area contributed by atoms with Crippen LogP contribution in [-0.4, -0.2) is 35.2 Å². The second kappa shape index (κ2) is 5.60. The molecule has 0 amide bonds. The average Bonchev–Trinajstić information content (AvgIpc) is 1.27. The Morgan fingerprint density at radius 3 is 1.50 bits per heavy atom. The number of rotatable bonds is 0. The Hall–Kier alpha value is 0.467. The van der Waals surface area contributed by atoms with Gasteiger partial charge in [0.05, 0.1) is 0 Å². The van der Waals surface area contributed by atoms with Crippen LogP contribution in [0.25, 0.3) is 0 Å². The van der Waals surface area contributed by atoms with Gasteiger partial charge in [-0.3, -0.25) is 9.11 Å². The van der Waals surface area contributed by atoms with Crippen molar-refractivity contribution in [3.8, 4) is 0 Å². The SMILES string of the molecule is O=S(=O)(O)O.[Li][CH2]C. The van der Waals surface area contributed by atoms with Crippen LogP contribution in [0.2, 0.25) is 5.09 Å². The van der Waals surface area contributed by atoms with E-state index >= 15 is 0 Å². The van der Waals surface area contributed by atoms with E-state index in [1.807, 2.05) is 0 Å². The van der Waals surface area contributed by atoms with Gasteiger partial charge in [0.15, 0.2) is 0 Å². The van der Waals surface area contributed by atoms with Crippen LogP contribution in [0.4, 0.5) is 0 Å². The van der Waals surface area contributed by atoms with Crippen molar-refractivity contribution in [3.05, 3.63) is 0 Å². The molecule has 8 heavy (non-hydrogen) atoms. The Kier molecular flexibility index (Phi) is 7.90. The number of hydrogen-bond acceptors (Lipinski definition) is 2. The minimum atomic E-state index is -4.67. The average molecular weight is 134 g/mol. The summed E-state index contributed by atoms with van der Waals surface area (Å²) in [5, 5.41) is 1.25. The van der Waals surface area contributed by atoms with Crippen molar-refractivity contribution in [2.75, 3.05) is 0 Å². The summed E-state index contributed by atoms with van der Waals surface area (Å²) in [4.78, 5) is 0. The van der Waals surface area contributed by atoms with E-state index in [1.165, 1.54) is 5.09 Å². The topological polar surface area (TPSA) is 74.6 Å². The molecule has 0 radical (unpaired) electrons. The van der Waals surface area contributed by atoms with Crippen LogP contribution in [0.3, 0.4) is 0 Å². The van der Waals surface area contributed by atoms with Crippen LogP contribution in [-0.2, 0) is 10.4 Å². The molecule has 0 aromatic heterocycles. The summed E-state index contributed by atoms with van der Waals surface area (Å²) < 4.78 is 31.6. The standard InChI is InChI=1S/C2H5.Li.H2O4S/c1-2;;1-5(2,3)4/h1H2,2H3;;(H2,1,2,3,4). The van der Waals surface area contributed by atoms with Gasteiger partial charge in [-0.25, -0.2) is 0 Å². The first-order valence-corrected chi connectivity index (χ1v) is 3.51. The van der Waals surface area contributed by atoms with Crippen LogP contribution < -0.4 is 0 Å². The van der Waals surface area contributed by atoms with Gasteiger partial charge in [-0.1, -0.05) is 0 Å². The first-order valence-electron chi connectivity index (χ1n) is 2.11. The van der Waals surface area contributed by atoms with E-state index in [0.717, 1.165) is 0 Å². The van der Waals surface area contributed by atoms with Crippen LogP contribution in [0.5, 0.6) is 0 Å². The van der Waals surface area contributed by atoms with Crippen molar-refractivity contribution in [2.45, 2.75) is 12.0 Å². The molecule has 0 aromatic rings. The molecule has 0 unspecified atom stereocenters. The van der Waals surface area contributed by atoms with E-state index in [0.29, 0.717) is 0 Å². The summed E-state index contributed by atoms with van der Waals surface area (Å²) in [5.74, 6) is 0. The van der Waals surface area contributed by atoms with E-state index in [1.54, 1.807) is 0 Å². The molecule has 0 atom stereocenters. The molecule has 0 fully saturated rings. The molecule has 0 aliphatic heterocycles. The Balaban J connectivity index is 0. The molecular formula is C2H7LiO4S. The number of hydrogen-bond donors (Lipinski definition) is 2. The Labute approximate surface area is 58.1 Å². The van der Waals surface area contributed by atoms with Crippen molar-refractivity contribution in [1.82, 2.24) is 0 Å². The third kappa shape index (κ3) is 885. The first-order chi connectivity index (χ1) is 3.41. The molecule has 2 N–H and O–H groups in total. The molecule has 0 spiro atoms. The third-order valence-electron chi connectivity index (χ3n) is 0. The predicted octanol–water partition coefficient (Wildman–Crippen LogP) is -0.0597. The minimum absolute atomic E-state index is 1.25. The molecule has 0 saturated heterocycles. The van der Waals surface area contributed by atoms with Gasteiger partial charge < -0.3 is 0 Å². The fourth-order valence-corrected chi connectivity index (χ4v) is 0. The van der Waals surface area contributed by atoms with Crippen molar-refractivity contribution in [1.29, 1.82) is 0 Å². The van der Waals surface area contributed by atoms with E-state index in [2.05, 4.69) is 24.6 Å². The Morgan fingerprint density at radius 2 is 1.50 bits per heavy atom. The predicted molar refractivity (Wildman–Crippen MR) is 30.4 cm³/mol. The molecule has 0 aromatic carbocycles. The second-order valence-electron chi connectivity index (χ2n) is 1.15. The molecule has 4 nitrogen and oxygen atoms in total. The van der Waals surface area contributed by atoms with Crippen molar-refractivity contribution < 1.29 is 17.5 Å². The van der Waals surface area contributed by atoms with Crippen LogP contribution in [0.15, 0.2) is 0 Å². The van der Waals surface area contributed by atoms with Crippen LogP contribution in [0, 0.1) is 0 Å². The van der Waals surface area contributed by atoms with Crippen LogP contribution in [0.1, 0.15) is 6.92 Å².